The number of hydrogen-bond acceptors (Lipinski definition) is 3. The van der Waals surface area contributed by atoms with E-state index in [4.69, 9.17) is 4.74 Å². The van der Waals surface area contributed by atoms with Gasteiger partial charge in [-0.1, -0.05) is 30.3 Å². The normalized spacial score (nSPS) is 10.7. The van der Waals surface area contributed by atoms with E-state index in [1.807, 2.05) is 37.3 Å². The Kier molecular flexibility index (Phi) is 4.58. The van der Waals surface area contributed by atoms with E-state index < -0.39 is 0 Å². The van der Waals surface area contributed by atoms with Crippen LogP contribution in [0.15, 0.2) is 36.4 Å². The maximum atomic E-state index is 12.3. The smallest absolute Gasteiger partial charge is 0.257 e. The second-order valence-electron chi connectivity index (χ2n) is 4.61. The molecule has 0 radical (unpaired) electrons. The van der Waals surface area contributed by atoms with Crippen molar-refractivity contribution in [2.24, 2.45) is 0 Å². The second-order valence-corrected chi connectivity index (χ2v) is 4.61. The van der Waals surface area contributed by atoms with Crippen LogP contribution < -0.4 is 0 Å². The van der Waals surface area contributed by atoms with Gasteiger partial charge in [0.2, 0.25) is 0 Å². The van der Waals surface area contributed by atoms with Crippen LogP contribution in [-0.2, 0) is 4.74 Å². The van der Waals surface area contributed by atoms with Crippen LogP contribution in [0, 0.1) is 0 Å². The zero-order valence-electron chi connectivity index (χ0n) is 11.8. The van der Waals surface area contributed by atoms with E-state index in [-0.39, 0.29) is 11.7 Å². The summed E-state index contributed by atoms with van der Waals surface area (Å²) < 4.78 is 5.23. The lowest BCUT2D eigenvalue weighted by atomic mass is 10.0. The first-order valence-corrected chi connectivity index (χ1v) is 6.69. The predicted octanol–water partition coefficient (Wildman–Crippen LogP) is 2.65. The molecule has 1 amide bonds. The number of carbonyl (C=O) groups excluding carboxylic acids is 1. The summed E-state index contributed by atoms with van der Waals surface area (Å²) in [6, 6.07) is 11.0. The van der Waals surface area contributed by atoms with Gasteiger partial charge in [-0.15, -0.1) is 0 Å². The second kappa shape index (κ2) is 6.39. The van der Waals surface area contributed by atoms with E-state index in [1.165, 1.54) is 0 Å². The highest BCUT2D eigenvalue weighted by molar-refractivity contribution is 6.03. The quantitative estimate of drug-likeness (QED) is 0.852. The van der Waals surface area contributed by atoms with Gasteiger partial charge >= 0.3 is 0 Å². The van der Waals surface area contributed by atoms with Crippen molar-refractivity contribution in [2.45, 2.75) is 6.92 Å². The van der Waals surface area contributed by atoms with Crippen molar-refractivity contribution >= 4 is 16.7 Å². The third-order valence-electron chi connectivity index (χ3n) is 3.25. The first kappa shape index (κ1) is 14.3. The molecule has 0 saturated heterocycles. The number of ether oxygens (including phenoxy) is 1. The number of aromatic hydroxyl groups is 1. The van der Waals surface area contributed by atoms with Crippen LogP contribution in [0.1, 0.15) is 17.3 Å². The van der Waals surface area contributed by atoms with E-state index in [9.17, 15) is 9.90 Å². The van der Waals surface area contributed by atoms with Crippen molar-refractivity contribution in [3.05, 3.63) is 42.0 Å². The molecule has 4 nitrogen and oxygen atoms in total. The number of likely N-dealkylation sites (N-methyl/N-ethyl adjacent to an activating group) is 1. The van der Waals surface area contributed by atoms with Crippen LogP contribution in [0.2, 0.25) is 0 Å². The maximum Gasteiger partial charge on any atom is 0.257 e. The fourth-order valence-corrected chi connectivity index (χ4v) is 2.08. The molecule has 0 aliphatic rings. The molecule has 0 bridgehead atoms. The van der Waals surface area contributed by atoms with Crippen molar-refractivity contribution < 1.29 is 14.6 Å². The van der Waals surface area contributed by atoms with Crippen molar-refractivity contribution in [1.82, 2.24) is 4.90 Å². The molecule has 2 rings (SSSR count). The van der Waals surface area contributed by atoms with Gasteiger partial charge in [0, 0.05) is 25.6 Å². The fourth-order valence-electron chi connectivity index (χ4n) is 2.08. The molecule has 1 N–H and O–H groups in total. The van der Waals surface area contributed by atoms with E-state index in [2.05, 4.69) is 0 Å². The Bertz CT molecular complexity index is 610. The van der Waals surface area contributed by atoms with E-state index in [0.717, 1.165) is 5.39 Å². The molecule has 0 saturated carbocycles. The fraction of sp³-hybridized carbons (Fsp3) is 0.312. The van der Waals surface area contributed by atoms with E-state index >= 15 is 0 Å². The summed E-state index contributed by atoms with van der Waals surface area (Å²) in [4.78, 5) is 13.9. The molecule has 2 aromatic rings. The minimum absolute atomic E-state index is 0.0383. The Morgan fingerprint density at radius 1 is 1.25 bits per heavy atom. The molecular weight excluding hydrogens is 254 g/mol. The number of benzene rings is 2. The Balaban J connectivity index is 2.24. The van der Waals surface area contributed by atoms with Gasteiger partial charge in [-0.2, -0.15) is 0 Å². The molecule has 0 heterocycles. The molecule has 4 heteroatoms. The summed E-state index contributed by atoms with van der Waals surface area (Å²) in [6.45, 7) is 3.53. The van der Waals surface area contributed by atoms with Crippen LogP contribution in [-0.4, -0.2) is 42.7 Å². The van der Waals surface area contributed by atoms with Crippen LogP contribution in [0.5, 0.6) is 5.75 Å². The third-order valence-corrected chi connectivity index (χ3v) is 3.25. The van der Waals surface area contributed by atoms with Crippen molar-refractivity contribution in [1.29, 1.82) is 0 Å². The molecular formula is C16H19NO3. The Morgan fingerprint density at radius 2 is 2.00 bits per heavy atom. The monoisotopic (exact) mass is 273 g/mol. The number of carbonyl (C=O) groups is 1. The van der Waals surface area contributed by atoms with Gasteiger partial charge in [0.25, 0.3) is 5.91 Å². The summed E-state index contributed by atoms with van der Waals surface area (Å²) in [7, 11) is 1.70. The van der Waals surface area contributed by atoms with Gasteiger partial charge in [-0.3, -0.25) is 4.79 Å². The number of rotatable bonds is 5. The lowest BCUT2D eigenvalue weighted by molar-refractivity contribution is 0.0707. The Hall–Kier alpha value is -2.07. The summed E-state index contributed by atoms with van der Waals surface area (Å²) in [5.74, 6) is -0.163. The molecule has 0 unspecified atom stereocenters. The summed E-state index contributed by atoms with van der Waals surface area (Å²) in [6.07, 6.45) is 0. The Morgan fingerprint density at radius 3 is 2.75 bits per heavy atom. The average molecular weight is 273 g/mol. The van der Waals surface area contributed by atoms with Gasteiger partial charge in [0.05, 0.1) is 12.2 Å². The molecule has 0 fully saturated rings. The predicted molar refractivity (Wildman–Crippen MR) is 79.1 cm³/mol. The highest BCUT2D eigenvalue weighted by atomic mass is 16.5. The topological polar surface area (TPSA) is 49.8 Å². The van der Waals surface area contributed by atoms with Crippen molar-refractivity contribution in [3.8, 4) is 5.75 Å². The SMILES string of the molecule is CCOCCN(C)C(=O)c1ccc2ccccc2c1O. The zero-order chi connectivity index (χ0) is 14.5. The van der Waals surface area contributed by atoms with Crippen LogP contribution >= 0.6 is 0 Å². The van der Waals surface area contributed by atoms with Gasteiger partial charge in [0.1, 0.15) is 5.75 Å². The lowest BCUT2D eigenvalue weighted by Gasteiger charge is -2.18. The van der Waals surface area contributed by atoms with E-state index in [1.54, 1.807) is 18.0 Å². The molecule has 0 aromatic heterocycles. The maximum absolute atomic E-state index is 12.3. The summed E-state index contributed by atoms with van der Waals surface area (Å²) in [5.41, 5.74) is 0.322. The first-order valence-electron chi connectivity index (χ1n) is 6.69. The molecule has 0 spiro atoms. The van der Waals surface area contributed by atoms with Crippen LogP contribution in [0.25, 0.3) is 10.8 Å². The number of fused-ring (bicyclic) bond motifs is 1. The number of hydrogen-bond donors (Lipinski definition) is 1. The van der Waals surface area contributed by atoms with E-state index in [0.29, 0.717) is 30.7 Å². The molecule has 0 aliphatic heterocycles. The minimum atomic E-state index is -0.201. The molecule has 2 aromatic carbocycles. The Labute approximate surface area is 118 Å². The first-order chi connectivity index (χ1) is 9.65. The third kappa shape index (κ3) is 2.91. The molecule has 20 heavy (non-hydrogen) atoms. The highest BCUT2D eigenvalue weighted by Crippen LogP contribution is 2.29. The number of phenols is 1. The molecule has 106 valence electrons. The standard InChI is InChI=1S/C16H19NO3/c1-3-20-11-10-17(2)16(19)14-9-8-12-6-4-5-7-13(12)15(14)18/h4-9,18H,3,10-11H2,1-2H3. The van der Waals surface area contributed by atoms with Crippen LogP contribution in [0.4, 0.5) is 0 Å². The van der Waals surface area contributed by atoms with Crippen LogP contribution in [0.3, 0.4) is 0 Å². The van der Waals surface area contributed by atoms with Gasteiger partial charge in [-0.05, 0) is 18.4 Å². The lowest BCUT2D eigenvalue weighted by Crippen LogP contribution is -2.30. The largest absolute Gasteiger partial charge is 0.506 e. The van der Waals surface area contributed by atoms with Gasteiger partial charge in [0.15, 0.2) is 0 Å². The van der Waals surface area contributed by atoms with Crippen molar-refractivity contribution in [2.75, 3.05) is 26.8 Å². The molecule has 0 aliphatic carbocycles. The highest BCUT2D eigenvalue weighted by Gasteiger charge is 2.17. The number of phenolic OH excluding ortho intramolecular Hbond substituents is 1. The minimum Gasteiger partial charge on any atom is -0.506 e. The van der Waals surface area contributed by atoms with Gasteiger partial charge < -0.3 is 14.7 Å². The number of amides is 1. The van der Waals surface area contributed by atoms with Gasteiger partial charge in [-0.25, -0.2) is 0 Å². The zero-order valence-corrected chi connectivity index (χ0v) is 11.8. The number of nitrogens with zero attached hydrogens (tertiary/aromatic N) is 1. The summed E-state index contributed by atoms with van der Waals surface area (Å²) >= 11 is 0. The summed E-state index contributed by atoms with van der Waals surface area (Å²) in [5, 5.41) is 11.9. The van der Waals surface area contributed by atoms with Crippen molar-refractivity contribution in [3.63, 3.8) is 0 Å². The average Bonchev–Trinajstić information content (AvgIpc) is 2.47. The molecule has 0 atom stereocenters.